The van der Waals surface area contributed by atoms with E-state index in [1.165, 1.54) is 7.11 Å². The number of anilines is 3. The van der Waals surface area contributed by atoms with Gasteiger partial charge in [0.1, 0.15) is 0 Å². The molecule has 1 N–H and O–H groups in total. The van der Waals surface area contributed by atoms with E-state index in [-0.39, 0.29) is 6.01 Å². The lowest BCUT2D eigenvalue weighted by atomic mass is 10.3. The maximum Gasteiger partial charge on any atom is 0.322 e. The summed E-state index contributed by atoms with van der Waals surface area (Å²) in [7, 11) is 5.25. The van der Waals surface area contributed by atoms with Crippen LogP contribution in [0, 0.1) is 0 Å². The number of rotatable bonds is 4. The van der Waals surface area contributed by atoms with E-state index in [1.807, 2.05) is 44.4 Å². The molecule has 0 radical (unpaired) electrons. The molecule has 0 bridgehead atoms. The van der Waals surface area contributed by atoms with Crippen LogP contribution in [0.3, 0.4) is 0 Å². The Labute approximate surface area is 106 Å². The molecular formula is C12H15N5O. The number of hydrogen-bond donors (Lipinski definition) is 1. The maximum absolute atomic E-state index is 5.05. The molecule has 0 aliphatic heterocycles. The minimum Gasteiger partial charge on any atom is -0.467 e. The van der Waals surface area contributed by atoms with Crippen molar-refractivity contribution in [3.8, 4) is 6.01 Å². The SMILES string of the molecule is COc1nc(Nc2ccccc2)nc(N(C)C)n1. The number of ether oxygens (including phenoxy) is 1. The van der Waals surface area contributed by atoms with Gasteiger partial charge in [0.05, 0.1) is 7.11 Å². The summed E-state index contributed by atoms with van der Waals surface area (Å²) in [4.78, 5) is 14.4. The minimum absolute atomic E-state index is 0.284. The van der Waals surface area contributed by atoms with Crippen LogP contribution in [0.25, 0.3) is 0 Å². The Kier molecular flexibility index (Phi) is 3.57. The fourth-order valence-corrected chi connectivity index (χ4v) is 1.34. The van der Waals surface area contributed by atoms with E-state index in [2.05, 4.69) is 20.3 Å². The summed E-state index contributed by atoms with van der Waals surface area (Å²) in [6.45, 7) is 0. The van der Waals surface area contributed by atoms with Crippen molar-refractivity contribution >= 4 is 17.6 Å². The molecule has 94 valence electrons. The fourth-order valence-electron chi connectivity index (χ4n) is 1.34. The van der Waals surface area contributed by atoms with E-state index < -0.39 is 0 Å². The molecule has 0 saturated carbocycles. The fraction of sp³-hybridized carbons (Fsp3) is 0.250. The lowest BCUT2D eigenvalue weighted by Crippen LogP contribution is -2.15. The van der Waals surface area contributed by atoms with Gasteiger partial charge < -0.3 is 15.0 Å². The first kappa shape index (κ1) is 12.1. The first-order valence-corrected chi connectivity index (χ1v) is 5.48. The number of para-hydroxylation sites is 1. The van der Waals surface area contributed by atoms with Crippen molar-refractivity contribution in [2.24, 2.45) is 0 Å². The molecule has 1 aromatic heterocycles. The van der Waals surface area contributed by atoms with E-state index >= 15 is 0 Å². The van der Waals surface area contributed by atoms with Crippen LogP contribution >= 0.6 is 0 Å². The van der Waals surface area contributed by atoms with Crippen LogP contribution in [-0.4, -0.2) is 36.2 Å². The molecule has 0 aliphatic carbocycles. The predicted octanol–water partition coefficient (Wildman–Crippen LogP) is 1.69. The highest BCUT2D eigenvalue weighted by Crippen LogP contribution is 2.16. The third kappa shape index (κ3) is 2.85. The zero-order valence-electron chi connectivity index (χ0n) is 10.6. The van der Waals surface area contributed by atoms with Crippen molar-refractivity contribution < 1.29 is 4.74 Å². The second-order valence-corrected chi connectivity index (χ2v) is 3.83. The third-order valence-corrected chi connectivity index (χ3v) is 2.22. The molecule has 18 heavy (non-hydrogen) atoms. The van der Waals surface area contributed by atoms with Gasteiger partial charge in [-0.3, -0.25) is 0 Å². The number of aromatic nitrogens is 3. The molecule has 6 nitrogen and oxygen atoms in total. The summed E-state index contributed by atoms with van der Waals surface area (Å²) in [5.41, 5.74) is 0.912. The van der Waals surface area contributed by atoms with Gasteiger partial charge in [0.15, 0.2) is 0 Å². The van der Waals surface area contributed by atoms with Gasteiger partial charge in [0, 0.05) is 19.8 Å². The number of methoxy groups -OCH3 is 1. The van der Waals surface area contributed by atoms with Crippen LogP contribution in [0.1, 0.15) is 0 Å². The highest BCUT2D eigenvalue weighted by Gasteiger charge is 2.08. The standard InChI is InChI=1S/C12H15N5O/c1-17(2)11-14-10(15-12(16-11)18-3)13-9-7-5-4-6-8-9/h4-8H,1-3H3,(H,13,14,15,16). The van der Waals surface area contributed by atoms with Gasteiger partial charge in [-0.2, -0.15) is 15.0 Å². The average Bonchev–Trinajstić information content (AvgIpc) is 2.39. The first-order valence-electron chi connectivity index (χ1n) is 5.48. The number of benzene rings is 1. The Bertz CT molecular complexity index is 515. The number of hydrogen-bond acceptors (Lipinski definition) is 6. The van der Waals surface area contributed by atoms with Gasteiger partial charge in [-0.05, 0) is 12.1 Å². The highest BCUT2D eigenvalue weighted by molar-refractivity contribution is 5.54. The van der Waals surface area contributed by atoms with Gasteiger partial charge in [0.2, 0.25) is 11.9 Å². The van der Waals surface area contributed by atoms with E-state index in [0.717, 1.165) is 5.69 Å². The summed E-state index contributed by atoms with van der Waals surface area (Å²) in [5, 5.41) is 3.10. The molecule has 0 fully saturated rings. The van der Waals surface area contributed by atoms with Crippen LogP contribution < -0.4 is 15.0 Å². The smallest absolute Gasteiger partial charge is 0.322 e. The average molecular weight is 245 g/mol. The molecule has 2 rings (SSSR count). The molecule has 0 aliphatic rings. The summed E-state index contributed by atoms with van der Waals surface area (Å²) in [5.74, 6) is 0.997. The molecule has 0 unspecified atom stereocenters. The highest BCUT2D eigenvalue weighted by atomic mass is 16.5. The largest absolute Gasteiger partial charge is 0.467 e. The molecule has 2 aromatic rings. The minimum atomic E-state index is 0.284. The molecule has 1 aromatic carbocycles. The molecule has 6 heteroatoms. The lowest BCUT2D eigenvalue weighted by Gasteiger charge is -2.12. The van der Waals surface area contributed by atoms with Crippen LogP contribution in [0.15, 0.2) is 30.3 Å². The van der Waals surface area contributed by atoms with Gasteiger partial charge >= 0.3 is 6.01 Å². The molecule has 0 atom stereocenters. The van der Waals surface area contributed by atoms with Crippen molar-refractivity contribution in [1.82, 2.24) is 15.0 Å². The van der Waals surface area contributed by atoms with Crippen molar-refractivity contribution in [3.05, 3.63) is 30.3 Å². The van der Waals surface area contributed by atoms with Crippen LogP contribution in [-0.2, 0) is 0 Å². The second-order valence-electron chi connectivity index (χ2n) is 3.83. The van der Waals surface area contributed by atoms with Crippen molar-refractivity contribution in [2.45, 2.75) is 0 Å². The topological polar surface area (TPSA) is 63.2 Å². The Morgan fingerprint density at radius 1 is 1.06 bits per heavy atom. The van der Waals surface area contributed by atoms with E-state index in [1.54, 1.807) is 4.90 Å². The van der Waals surface area contributed by atoms with Gasteiger partial charge in [-0.1, -0.05) is 18.2 Å². The van der Waals surface area contributed by atoms with E-state index in [9.17, 15) is 0 Å². The molecule has 0 saturated heterocycles. The first-order chi connectivity index (χ1) is 8.69. The quantitative estimate of drug-likeness (QED) is 0.884. The second kappa shape index (κ2) is 5.31. The zero-order valence-corrected chi connectivity index (χ0v) is 10.6. The predicted molar refractivity (Wildman–Crippen MR) is 70.4 cm³/mol. The molecule has 0 amide bonds. The molecular weight excluding hydrogens is 230 g/mol. The Balaban J connectivity index is 2.30. The van der Waals surface area contributed by atoms with Crippen molar-refractivity contribution in [1.29, 1.82) is 0 Å². The summed E-state index contributed by atoms with van der Waals surface area (Å²) < 4.78 is 5.05. The van der Waals surface area contributed by atoms with Crippen LogP contribution in [0.4, 0.5) is 17.6 Å². The Morgan fingerprint density at radius 2 is 1.78 bits per heavy atom. The van der Waals surface area contributed by atoms with E-state index in [0.29, 0.717) is 11.9 Å². The number of nitrogens with zero attached hydrogens (tertiary/aromatic N) is 4. The van der Waals surface area contributed by atoms with Gasteiger partial charge in [0.25, 0.3) is 0 Å². The normalized spacial score (nSPS) is 9.94. The van der Waals surface area contributed by atoms with Crippen LogP contribution in [0.2, 0.25) is 0 Å². The van der Waals surface area contributed by atoms with Gasteiger partial charge in [-0.25, -0.2) is 0 Å². The van der Waals surface area contributed by atoms with E-state index in [4.69, 9.17) is 4.74 Å². The molecule has 1 heterocycles. The number of nitrogens with one attached hydrogen (secondary N) is 1. The van der Waals surface area contributed by atoms with Crippen molar-refractivity contribution in [3.63, 3.8) is 0 Å². The zero-order chi connectivity index (χ0) is 13.0. The summed E-state index contributed by atoms with van der Waals surface area (Å²) >= 11 is 0. The Morgan fingerprint density at radius 3 is 2.39 bits per heavy atom. The van der Waals surface area contributed by atoms with Gasteiger partial charge in [-0.15, -0.1) is 0 Å². The molecule has 0 spiro atoms. The maximum atomic E-state index is 5.05. The summed E-state index contributed by atoms with van der Waals surface area (Å²) in [6.07, 6.45) is 0. The van der Waals surface area contributed by atoms with Crippen LogP contribution in [0.5, 0.6) is 6.01 Å². The van der Waals surface area contributed by atoms with Crippen molar-refractivity contribution in [2.75, 3.05) is 31.4 Å². The Hall–Kier alpha value is -2.37. The summed E-state index contributed by atoms with van der Waals surface area (Å²) in [6, 6.07) is 9.98. The third-order valence-electron chi connectivity index (χ3n) is 2.22. The lowest BCUT2D eigenvalue weighted by molar-refractivity contribution is 0.379. The monoisotopic (exact) mass is 245 g/mol.